The molecule has 0 bridgehead atoms. The number of likely N-dealkylation sites (N-methyl/N-ethyl adjacent to an activating group) is 1. The van der Waals surface area contributed by atoms with Crippen molar-refractivity contribution in [2.45, 2.75) is 58.0 Å². The van der Waals surface area contributed by atoms with Crippen molar-refractivity contribution in [1.29, 1.82) is 0 Å². The average molecular weight is 212 g/mol. The van der Waals surface area contributed by atoms with Crippen molar-refractivity contribution in [3.63, 3.8) is 0 Å². The summed E-state index contributed by atoms with van der Waals surface area (Å²) in [7, 11) is 1.94. The highest BCUT2D eigenvalue weighted by atomic mass is 16.2. The van der Waals surface area contributed by atoms with E-state index in [1.165, 1.54) is 32.1 Å². The van der Waals surface area contributed by atoms with Gasteiger partial charge in [-0.05, 0) is 12.8 Å². The van der Waals surface area contributed by atoms with E-state index < -0.39 is 0 Å². The van der Waals surface area contributed by atoms with E-state index in [1.54, 1.807) is 0 Å². The number of nitrogens with zero attached hydrogens (tertiary/aromatic N) is 1. The molecule has 0 atom stereocenters. The normalized spacial score (nSPS) is 18.1. The molecule has 1 fully saturated rings. The van der Waals surface area contributed by atoms with Crippen LogP contribution in [-0.2, 0) is 4.79 Å². The van der Waals surface area contributed by atoms with Gasteiger partial charge in [-0.15, -0.1) is 0 Å². The standard InChI is InChI=1S/C12H24N2O/c1-10(2)13-9-12(15)14(3)11-7-5-4-6-8-11/h10-11,13H,4-9H2,1-3H3. The lowest BCUT2D eigenvalue weighted by molar-refractivity contribution is -0.131. The summed E-state index contributed by atoms with van der Waals surface area (Å²) in [6.07, 6.45) is 6.26. The molecule has 1 aliphatic carbocycles. The van der Waals surface area contributed by atoms with Crippen LogP contribution < -0.4 is 5.32 Å². The molecule has 1 amide bonds. The fourth-order valence-corrected chi connectivity index (χ4v) is 2.09. The third-order valence-electron chi connectivity index (χ3n) is 3.18. The van der Waals surface area contributed by atoms with Crippen molar-refractivity contribution >= 4 is 5.91 Å². The number of carbonyl (C=O) groups is 1. The first-order valence-corrected chi connectivity index (χ1v) is 6.10. The fraction of sp³-hybridized carbons (Fsp3) is 0.917. The van der Waals surface area contributed by atoms with Crippen LogP contribution in [-0.4, -0.2) is 36.5 Å². The minimum absolute atomic E-state index is 0.232. The molecule has 0 spiro atoms. The van der Waals surface area contributed by atoms with Crippen molar-refractivity contribution in [3.8, 4) is 0 Å². The Morgan fingerprint density at radius 1 is 1.33 bits per heavy atom. The monoisotopic (exact) mass is 212 g/mol. The number of amides is 1. The van der Waals surface area contributed by atoms with Gasteiger partial charge in [0.25, 0.3) is 0 Å². The van der Waals surface area contributed by atoms with E-state index in [9.17, 15) is 4.79 Å². The van der Waals surface area contributed by atoms with E-state index in [1.807, 2.05) is 11.9 Å². The molecule has 0 saturated heterocycles. The zero-order chi connectivity index (χ0) is 11.3. The van der Waals surface area contributed by atoms with E-state index in [-0.39, 0.29) is 5.91 Å². The number of carbonyl (C=O) groups excluding carboxylic acids is 1. The first-order valence-electron chi connectivity index (χ1n) is 6.10. The van der Waals surface area contributed by atoms with Crippen molar-refractivity contribution in [1.82, 2.24) is 10.2 Å². The Bertz CT molecular complexity index is 198. The Balaban J connectivity index is 2.30. The Labute approximate surface area is 93.2 Å². The van der Waals surface area contributed by atoms with Gasteiger partial charge in [0.05, 0.1) is 6.54 Å². The van der Waals surface area contributed by atoms with Gasteiger partial charge in [-0.1, -0.05) is 33.1 Å². The van der Waals surface area contributed by atoms with E-state index in [0.29, 0.717) is 18.6 Å². The summed E-state index contributed by atoms with van der Waals surface area (Å²) in [6.45, 7) is 4.60. The Morgan fingerprint density at radius 3 is 2.47 bits per heavy atom. The first kappa shape index (κ1) is 12.5. The van der Waals surface area contributed by atoms with Gasteiger partial charge in [-0.3, -0.25) is 4.79 Å². The maximum Gasteiger partial charge on any atom is 0.236 e. The zero-order valence-corrected chi connectivity index (χ0v) is 10.3. The highest BCUT2D eigenvalue weighted by molar-refractivity contribution is 5.78. The molecule has 3 nitrogen and oxygen atoms in total. The van der Waals surface area contributed by atoms with Crippen LogP contribution in [0.5, 0.6) is 0 Å². The molecule has 0 unspecified atom stereocenters. The van der Waals surface area contributed by atoms with Crippen LogP contribution in [0.25, 0.3) is 0 Å². The van der Waals surface area contributed by atoms with Crippen LogP contribution in [0.15, 0.2) is 0 Å². The minimum Gasteiger partial charge on any atom is -0.342 e. The van der Waals surface area contributed by atoms with Gasteiger partial charge in [0, 0.05) is 19.1 Å². The molecule has 1 aliphatic rings. The topological polar surface area (TPSA) is 32.3 Å². The summed E-state index contributed by atoms with van der Waals surface area (Å²) in [5, 5.41) is 3.17. The summed E-state index contributed by atoms with van der Waals surface area (Å²) in [5.41, 5.74) is 0. The van der Waals surface area contributed by atoms with Crippen LogP contribution in [0.2, 0.25) is 0 Å². The first-order chi connectivity index (χ1) is 7.11. The highest BCUT2D eigenvalue weighted by Crippen LogP contribution is 2.21. The number of nitrogens with one attached hydrogen (secondary N) is 1. The minimum atomic E-state index is 0.232. The fourth-order valence-electron chi connectivity index (χ4n) is 2.09. The molecule has 3 heteroatoms. The third kappa shape index (κ3) is 4.20. The second kappa shape index (κ2) is 6.11. The van der Waals surface area contributed by atoms with Gasteiger partial charge in [0.15, 0.2) is 0 Å². The largest absolute Gasteiger partial charge is 0.342 e. The summed E-state index contributed by atoms with van der Waals surface area (Å²) in [5.74, 6) is 0.232. The van der Waals surface area contributed by atoms with Gasteiger partial charge >= 0.3 is 0 Å². The van der Waals surface area contributed by atoms with Crippen molar-refractivity contribution in [2.75, 3.05) is 13.6 Å². The van der Waals surface area contributed by atoms with Crippen LogP contribution >= 0.6 is 0 Å². The van der Waals surface area contributed by atoms with Crippen molar-refractivity contribution < 1.29 is 4.79 Å². The molecule has 0 aromatic carbocycles. The lowest BCUT2D eigenvalue weighted by Crippen LogP contribution is -2.44. The van der Waals surface area contributed by atoms with Gasteiger partial charge in [-0.25, -0.2) is 0 Å². The second-order valence-electron chi connectivity index (χ2n) is 4.83. The van der Waals surface area contributed by atoms with E-state index in [0.717, 1.165) is 0 Å². The molecule has 1 saturated carbocycles. The Morgan fingerprint density at radius 2 is 1.93 bits per heavy atom. The molecule has 15 heavy (non-hydrogen) atoms. The molecule has 0 radical (unpaired) electrons. The average Bonchev–Trinajstić information content (AvgIpc) is 2.26. The smallest absolute Gasteiger partial charge is 0.236 e. The predicted molar refractivity (Wildman–Crippen MR) is 62.8 cm³/mol. The van der Waals surface area contributed by atoms with Gasteiger partial charge in [-0.2, -0.15) is 0 Å². The van der Waals surface area contributed by atoms with Crippen molar-refractivity contribution in [3.05, 3.63) is 0 Å². The van der Waals surface area contributed by atoms with Crippen molar-refractivity contribution in [2.24, 2.45) is 0 Å². The zero-order valence-electron chi connectivity index (χ0n) is 10.3. The van der Waals surface area contributed by atoms with E-state index in [4.69, 9.17) is 0 Å². The second-order valence-corrected chi connectivity index (χ2v) is 4.83. The third-order valence-corrected chi connectivity index (χ3v) is 3.18. The van der Waals surface area contributed by atoms with E-state index >= 15 is 0 Å². The van der Waals surface area contributed by atoms with Crippen LogP contribution in [0.1, 0.15) is 46.0 Å². The molecular formula is C12H24N2O. The maximum absolute atomic E-state index is 11.8. The van der Waals surface area contributed by atoms with Crippen LogP contribution in [0.3, 0.4) is 0 Å². The molecular weight excluding hydrogens is 188 g/mol. The molecule has 1 N–H and O–H groups in total. The van der Waals surface area contributed by atoms with E-state index in [2.05, 4.69) is 19.2 Å². The number of hydrogen-bond donors (Lipinski definition) is 1. The molecule has 1 rings (SSSR count). The van der Waals surface area contributed by atoms with Crippen LogP contribution in [0.4, 0.5) is 0 Å². The Hall–Kier alpha value is -0.570. The van der Waals surface area contributed by atoms with Crippen LogP contribution in [0, 0.1) is 0 Å². The van der Waals surface area contributed by atoms with Gasteiger partial charge in [0.2, 0.25) is 5.91 Å². The number of rotatable bonds is 4. The summed E-state index contributed by atoms with van der Waals surface area (Å²) < 4.78 is 0. The highest BCUT2D eigenvalue weighted by Gasteiger charge is 2.21. The lowest BCUT2D eigenvalue weighted by Gasteiger charge is -2.31. The quantitative estimate of drug-likeness (QED) is 0.770. The molecule has 88 valence electrons. The maximum atomic E-state index is 11.8. The predicted octanol–water partition coefficient (Wildman–Crippen LogP) is 1.78. The molecule has 0 heterocycles. The Kier molecular flexibility index (Phi) is 5.09. The summed E-state index contributed by atoms with van der Waals surface area (Å²) in [6, 6.07) is 0.869. The molecule has 0 aromatic rings. The molecule has 0 aromatic heterocycles. The van der Waals surface area contributed by atoms with Gasteiger partial charge in [0.1, 0.15) is 0 Å². The molecule has 0 aliphatic heterocycles. The summed E-state index contributed by atoms with van der Waals surface area (Å²) >= 11 is 0. The summed E-state index contributed by atoms with van der Waals surface area (Å²) in [4.78, 5) is 13.7. The lowest BCUT2D eigenvalue weighted by atomic mass is 9.94. The number of hydrogen-bond acceptors (Lipinski definition) is 2. The van der Waals surface area contributed by atoms with Gasteiger partial charge < -0.3 is 10.2 Å². The SMILES string of the molecule is CC(C)NCC(=O)N(C)C1CCCCC1.